The molecular formula is C13H14N4OS. The van der Waals surface area contributed by atoms with Gasteiger partial charge in [0, 0.05) is 29.2 Å². The molecule has 0 fully saturated rings. The maximum absolute atomic E-state index is 10.3. The van der Waals surface area contributed by atoms with Crippen molar-refractivity contribution < 1.29 is 4.79 Å². The second-order valence-corrected chi connectivity index (χ2v) is 4.61. The maximum Gasteiger partial charge on any atom is 0.227 e. The number of amides is 1. The molecule has 98 valence electrons. The standard InChI is InChI=1S/C13H14N4OS/c1-9-2-3-10(11-6-16-19-7-11)4-12(9)13(5-14)17-15-8-18/h2-4,6-8H,5,14H2,1H3,(H,15,18)/b17-13-. The predicted molar refractivity (Wildman–Crippen MR) is 77.1 cm³/mol. The lowest BCUT2D eigenvalue weighted by atomic mass is 9.98. The van der Waals surface area contributed by atoms with Crippen molar-refractivity contribution in [3.63, 3.8) is 0 Å². The number of benzene rings is 1. The van der Waals surface area contributed by atoms with Gasteiger partial charge in [0.05, 0.1) is 5.71 Å². The Labute approximate surface area is 115 Å². The molecular weight excluding hydrogens is 260 g/mol. The van der Waals surface area contributed by atoms with Crippen molar-refractivity contribution in [1.82, 2.24) is 9.80 Å². The van der Waals surface area contributed by atoms with Crippen LogP contribution in [0.2, 0.25) is 0 Å². The summed E-state index contributed by atoms with van der Waals surface area (Å²) in [5.74, 6) is 0. The van der Waals surface area contributed by atoms with Crippen LogP contribution in [0.1, 0.15) is 11.1 Å². The normalized spacial score (nSPS) is 11.4. The SMILES string of the molecule is Cc1ccc(-c2cnsc2)cc1/C(CN)=N\NC=O. The first-order valence-electron chi connectivity index (χ1n) is 5.73. The summed E-state index contributed by atoms with van der Waals surface area (Å²) in [6, 6.07) is 6.05. The average molecular weight is 274 g/mol. The molecule has 19 heavy (non-hydrogen) atoms. The second-order valence-electron chi connectivity index (χ2n) is 3.95. The number of aromatic nitrogens is 1. The van der Waals surface area contributed by atoms with E-state index in [9.17, 15) is 4.79 Å². The van der Waals surface area contributed by atoms with E-state index in [1.54, 1.807) is 0 Å². The minimum Gasteiger partial charge on any atom is -0.325 e. The molecule has 2 aromatic rings. The molecule has 0 aliphatic carbocycles. The lowest BCUT2D eigenvalue weighted by molar-refractivity contribution is -0.109. The molecule has 0 radical (unpaired) electrons. The van der Waals surface area contributed by atoms with Gasteiger partial charge in [0.15, 0.2) is 0 Å². The van der Waals surface area contributed by atoms with Gasteiger partial charge in [0.1, 0.15) is 0 Å². The van der Waals surface area contributed by atoms with Crippen LogP contribution in [0.3, 0.4) is 0 Å². The summed E-state index contributed by atoms with van der Waals surface area (Å²) >= 11 is 1.41. The number of nitrogens with two attached hydrogens (primary N) is 1. The molecule has 0 saturated carbocycles. The second kappa shape index (κ2) is 6.21. The molecule has 2 rings (SSSR count). The highest BCUT2D eigenvalue weighted by Crippen LogP contribution is 2.23. The van der Waals surface area contributed by atoms with Crippen LogP contribution in [0.5, 0.6) is 0 Å². The van der Waals surface area contributed by atoms with Gasteiger partial charge in [-0.25, -0.2) is 9.80 Å². The van der Waals surface area contributed by atoms with Gasteiger partial charge in [-0.2, -0.15) is 5.10 Å². The van der Waals surface area contributed by atoms with Crippen molar-refractivity contribution in [1.29, 1.82) is 0 Å². The molecule has 1 aromatic heterocycles. The van der Waals surface area contributed by atoms with Gasteiger partial charge in [0.25, 0.3) is 0 Å². The summed E-state index contributed by atoms with van der Waals surface area (Å²) in [5.41, 5.74) is 12.7. The number of aryl methyl sites for hydroxylation is 1. The van der Waals surface area contributed by atoms with Crippen molar-refractivity contribution in [2.45, 2.75) is 6.92 Å². The van der Waals surface area contributed by atoms with Crippen molar-refractivity contribution in [3.8, 4) is 11.1 Å². The first-order chi connectivity index (χ1) is 9.26. The van der Waals surface area contributed by atoms with E-state index in [1.165, 1.54) is 11.5 Å². The Morgan fingerprint density at radius 3 is 3.00 bits per heavy atom. The van der Waals surface area contributed by atoms with Gasteiger partial charge in [0.2, 0.25) is 6.41 Å². The molecule has 1 aromatic carbocycles. The zero-order chi connectivity index (χ0) is 13.7. The Balaban J connectivity index is 2.44. The van der Waals surface area contributed by atoms with E-state index in [-0.39, 0.29) is 6.54 Å². The van der Waals surface area contributed by atoms with E-state index < -0.39 is 0 Å². The number of carbonyl (C=O) groups excluding carboxylic acids is 1. The molecule has 3 N–H and O–H groups in total. The Morgan fingerprint density at radius 2 is 2.37 bits per heavy atom. The van der Waals surface area contributed by atoms with Gasteiger partial charge in [-0.05, 0) is 35.6 Å². The van der Waals surface area contributed by atoms with Crippen molar-refractivity contribution in [2.24, 2.45) is 10.8 Å². The van der Waals surface area contributed by atoms with E-state index in [0.29, 0.717) is 12.1 Å². The summed E-state index contributed by atoms with van der Waals surface area (Å²) in [6.07, 6.45) is 2.35. The average Bonchev–Trinajstić information content (AvgIpc) is 2.95. The molecule has 0 aliphatic heterocycles. The topological polar surface area (TPSA) is 80.4 Å². The Hall–Kier alpha value is -2.05. The number of nitrogens with zero attached hydrogens (tertiary/aromatic N) is 2. The van der Waals surface area contributed by atoms with Crippen molar-refractivity contribution in [3.05, 3.63) is 40.9 Å². The van der Waals surface area contributed by atoms with Gasteiger partial charge in [-0.1, -0.05) is 12.1 Å². The molecule has 0 atom stereocenters. The summed E-state index contributed by atoms with van der Waals surface area (Å²) in [7, 11) is 0. The van der Waals surface area contributed by atoms with Gasteiger partial charge in [-0.3, -0.25) is 4.79 Å². The Kier molecular flexibility index (Phi) is 4.38. The Morgan fingerprint density at radius 1 is 1.53 bits per heavy atom. The number of hydrogen-bond acceptors (Lipinski definition) is 5. The van der Waals surface area contributed by atoms with Crippen LogP contribution in [-0.4, -0.2) is 23.0 Å². The molecule has 1 heterocycles. The van der Waals surface area contributed by atoms with E-state index in [0.717, 1.165) is 22.3 Å². The van der Waals surface area contributed by atoms with Gasteiger partial charge >= 0.3 is 0 Å². The van der Waals surface area contributed by atoms with E-state index >= 15 is 0 Å². The van der Waals surface area contributed by atoms with Crippen LogP contribution in [0, 0.1) is 6.92 Å². The number of carbonyl (C=O) groups is 1. The number of rotatable bonds is 5. The largest absolute Gasteiger partial charge is 0.325 e. The van der Waals surface area contributed by atoms with Crippen molar-refractivity contribution in [2.75, 3.05) is 6.54 Å². The highest BCUT2D eigenvalue weighted by molar-refractivity contribution is 7.03. The highest BCUT2D eigenvalue weighted by Gasteiger charge is 2.08. The molecule has 0 aliphatic rings. The zero-order valence-corrected chi connectivity index (χ0v) is 11.3. The molecule has 5 nitrogen and oxygen atoms in total. The molecule has 0 saturated heterocycles. The third kappa shape index (κ3) is 3.04. The zero-order valence-electron chi connectivity index (χ0n) is 10.5. The van der Waals surface area contributed by atoms with E-state index in [2.05, 4.69) is 14.9 Å². The number of hydrogen-bond donors (Lipinski definition) is 2. The van der Waals surface area contributed by atoms with Crippen molar-refractivity contribution >= 4 is 23.7 Å². The fraction of sp³-hybridized carbons (Fsp3) is 0.154. The smallest absolute Gasteiger partial charge is 0.227 e. The summed E-state index contributed by atoms with van der Waals surface area (Å²) in [6.45, 7) is 2.24. The van der Waals surface area contributed by atoms with Crippen LogP contribution in [0.25, 0.3) is 11.1 Å². The van der Waals surface area contributed by atoms with Crippen LogP contribution < -0.4 is 11.2 Å². The summed E-state index contributed by atoms with van der Waals surface area (Å²) in [5, 5.41) is 5.96. The maximum atomic E-state index is 10.3. The van der Waals surface area contributed by atoms with E-state index in [4.69, 9.17) is 5.73 Å². The fourth-order valence-corrected chi connectivity index (χ4v) is 2.33. The van der Waals surface area contributed by atoms with Gasteiger partial charge < -0.3 is 5.73 Å². The quantitative estimate of drug-likeness (QED) is 0.493. The first kappa shape index (κ1) is 13.4. The summed E-state index contributed by atoms with van der Waals surface area (Å²) in [4.78, 5) is 10.3. The predicted octanol–water partition coefficient (Wildman–Crippen LogP) is 1.53. The fourth-order valence-electron chi connectivity index (χ4n) is 1.78. The van der Waals surface area contributed by atoms with Crippen LogP contribution >= 0.6 is 11.5 Å². The van der Waals surface area contributed by atoms with Gasteiger partial charge in [-0.15, -0.1) is 0 Å². The lowest BCUT2D eigenvalue weighted by Crippen LogP contribution is -2.20. The van der Waals surface area contributed by atoms with Crippen LogP contribution in [0.4, 0.5) is 0 Å². The first-order valence-corrected chi connectivity index (χ1v) is 6.56. The third-order valence-electron chi connectivity index (χ3n) is 2.76. The molecule has 0 spiro atoms. The van der Waals surface area contributed by atoms with E-state index in [1.807, 2.05) is 36.7 Å². The third-order valence-corrected chi connectivity index (χ3v) is 3.35. The molecule has 0 unspecified atom stereocenters. The minimum atomic E-state index is 0.257. The molecule has 1 amide bonds. The number of nitrogens with one attached hydrogen (secondary N) is 1. The van der Waals surface area contributed by atoms with Crippen LogP contribution in [0.15, 0.2) is 34.9 Å². The highest BCUT2D eigenvalue weighted by atomic mass is 32.1. The molecule has 6 heteroatoms. The monoisotopic (exact) mass is 274 g/mol. The lowest BCUT2D eigenvalue weighted by Gasteiger charge is -2.09. The minimum absolute atomic E-state index is 0.257. The van der Waals surface area contributed by atoms with Crippen LogP contribution in [-0.2, 0) is 4.79 Å². The number of hydrazone groups is 1. The molecule has 0 bridgehead atoms. The summed E-state index contributed by atoms with van der Waals surface area (Å²) < 4.78 is 4.09. The Bertz CT molecular complexity index is 593.